The number of imidazole rings is 1. The van der Waals surface area contributed by atoms with Gasteiger partial charge < -0.3 is 9.30 Å². The fourth-order valence-corrected chi connectivity index (χ4v) is 2.43. The zero-order chi connectivity index (χ0) is 11.7. The van der Waals surface area contributed by atoms with Crippen LogP contribution in [0.1, 0.15) is 12.8 Å². The molecule has 0 bridgehead atoms. The molecule has 1 aliphatic rings. The number of ether oxygens (including phenoxy) is 1. The summed E-state index contributed by atoms with van der Waals surface area (Å²) in [5.74, 6) is 0.655. The average Bonchev–Trinajstić information content (AvgIpc) is 2.73. The van der Waals surface area contributed by atoms with Gasteiger partial charge >= 0.3 is 0 Å². The van der Waals surface area contributed by atoms with Crippen LogP contribution in [0.4, 0.5) is 0 Å². The predicted octanol–water partition coefficient (Wildman–Crippen LogP) is 2.02. The van der Waals surface area contributed by atoms with Crippen molar-refractivity contribution in [3.8, 4) is 0 Å². The zero-order valence-corrected chi connectivity index (χ0v) is 10.9. The molecule has 17 heavy (non-hydrogen) atoms. The maximum atomic E-state index is 5.37. The van der Waals surface area contributed by atoms with Crippen molar-refractivity contribution in [2.24, 2.45) is 5.92 Å². The molecule has 0 saturated carbocycles. The number of hydrogen-bond donors (Lipinski definition) is 0. The molecule has 0 radical (unpaired) electrons. The lowest BCUT2D eigenvalue weighted by atomic mass is 10.0. The van der Waals surface area contributed by atoms with Gasteiger partial charge in [0.15, 0.2) is 11.3 Å². The first-order valence-electron chi connectivity index (χ1n) is 5.74. The maximum absolute atomic E-state index is 5.37. The van der Waals surface area contributed by atoms with E-state index in [-0.39, 0.29) is 0 Å². The molecule has 2 aromatic rings. The van der Waals surface area contributed by atoms with Crippen molar-refractivity contribution < 1.29 is 4.74 Å². The van der Waals surface area contributed by atoms with Gasteiger partial charge in [-0.2, -0.15) is 0 Å². The Morgan fingerprint density at radius 2 is 2.18 bits per heavy atom. The van der Waals surface area contributed by atoms with Gasteiger partial charge in [0, 0.05) is 19.8 Å². The van der Waals surface area contributed by atoms with Gasteiger partial charge in [0.1, 0.15) is 4.60 Å². The van der Waals surface area contributed by atoms with E-state index in [2.05, 4.69) is 35.4 Å². The molecule has 0 unspecified atom stereocenters. The van der Waals surface area contributed by atoms with E-state index in [0.717, 1.165) is 42.9 Å². The minimum absolute atomic E-state index is 0.655. The second kappa shape index (κ2) is 4.70. The number of halogens is 1. The van der Waals surface area contributed by atoms with Crippen LogP contribution in [0.3, 0.4) is 0 Å². The van der Waals surface area contributed by atoms with E-state index < -0.39 is 0 Å². The summed E-state index contributed by atoms with van der Waals surface area (Å²) in [6.45, 7) is 2.68. The van der Waals surface area contributed by atoms with Crippen LogP contribution >= 0.6 is 15.9 Å². The second-order valence-corrected chi connectivity index (χ2v) is 5.11. The molecule has 6 heteroatoms. The van der Waals surface area contributed by atoms with Crippen LogP contribution in [0.15, 0.2) is 17.1 Å². The van der Waals surface area contributed by atoms with E-state index in [1.54, 1.807) is 6.20 Å². The van der Waals surface area contributed by atoms with Crippen LogP contribution in [-0.4, -0.2) is 32.7 Å². The molecule has 2 aromatic heterocycles. The number of nitrogens with zero attached hydrogens (tertiary/aromatic N) is 4. The highest BCUT2D eigenvalue weighted by Gasteiger charge is 2.16. The van der Waals surface area contributed by atoms with Gasteiger partial charge in [-0.05, 0) is 34.7 Å². The Kier molecular flexibility index (Phi) is 3.07. The van der Waals surface area contributed by atoms with E-state index in [1.165, 1.54) is 0 Å². The van der Waals surface area contributed by atoms with E-state index in [0.29, 0.717) is 11.6 Å². The smallest absolute Gasteiger partial charge is 0.197 e. The first kappa shape index (κ1) is 11.1. The number of rotatable bonds is 2. The molecule has 0 aromatic carbocycles. The van der Waals surface area contributed by atoms with E-state index in [4.69, 9.17) is 4.74 Å². The Balaban J connectivity index is 1.86. The van der Waals surface area contributed by atoms with Gasteiger partial charge in [0.2, 0.25) is 0 Å². The summed E-state index contributed by atoms with van der Waals surface area (Å²) in [7, 11) is 0. The highest BCUT2D eigenvalue weighted by molar-refractivity contribution is 9.10. The van der Waals surface area contributed by atoms with Gasteiger partial charge in [-0.1, -0.05) is 0 Å². The Morgan fingerprint density at radius 3 is 3.00 bits per heavy atom. The highest BCUT2D eigenvalue weighted by Crippen LogP contribution is 2.19. The first-order chi connectivity index (χ1) is 8.33. The van der Waals surface area contributed by atoms with E-state index in [1.807, 2.05) is 6.33 Å². The van der Waals surface area contributed by atoms with Gasteiger partial charge in [-0.25, -0.2) is 15.0 Å². The maximum Gasteiger partial charge on any atom is 0.197 e. The van der Waals surface area contributed by atoms with Crippen molar-refractivity contribution in [1.82, 2.24) is 19.5 Å². The minimum atomic E-state index is 0.655. The predicted molar refractivity (Wildman–Crippen MR) is 66.6 cm³/mol. The number of fused-ring (bicyclic) bond motifs is 1. The molecule has 5 nitrogen and oxygen atoms in total. The van der Waals surface area contributed by atoms with Crippen molar-refractivity contribution in [2.75, 3.05) is 13.2 Å². The van der Waals surface area contributed by atoms with Crippen LogP contribution in [-0.2, 0) is 11.3 Å². The van der Waals surface area contributed by atoms with Crippen LogP contribution in [0, 0.1) is 5.92 Å². The fraction of sp³-hybridized carbons (Fsp3) is 0.545. The monoisotopic (exact) mass is 296 g/mol. The Bertz CT molecular complexity index is 521. The molecule has 0 atom stereocenters. The molecule has 1 saturated heterocycles. The Hall–Kier alpha value is -1.01. The van der Waals surface area contributed by atoms with Crippen molar-refractivity contribution in [3.63, 3.8) is 0 Å². The van der Waals surface area contributed by atoms with Gasteiger partial charge in [-0.15, -0.1) is 0 Å². The van der Waals surface area contributed by atoms with E-state index >= 15 is 0 Å². The van der Waals surface area contributed by atoms with Crippen molar-refractivity contribution in [1.29, 1.82) is 0 Å². The second-order valence-electron chi connectivity index (χ2n) is 4.29. The lowest BCUT2D eigenvalue weighted by Gasteiger charge is -2.22. The minimum Gasteiger partial charge on any atom is -0.381 e. The standard InChI is InChI=1S/C11H13BrN4O/c12-9-5-13-10-11(15-9)16(7-14-10)6-8-1-3-17-4-2-8/h5,7-8H,1-4,6H2. The van der Waals surface area contributed by atoms with Crippen LogP contribution < -0.4 is 0 Å². The van der Waals surface area contributed by atoms with Gasteiger partial charge in [0.25, 0.3) is 0 Å². The first-order valence-corrected chi connectivity index (χ1v) is 6.53. The summed E-state index contributed by atoms with van der Waals surface area (Å²) >= 11 is 3.34. The molecule has 1 aliphatic heterocycles. The molecule has 3 rings (SSSR count). The van der Waals surface area contributed by atoms with E-state index in [9.17, 15) is 0 Å². The molecule has 90 valence electrons. The SMILES string of the molecule is Brc1cnc2ncn(CC3CCOCC3)c2n1. The summed E-state index contributed by atoms with van der Waals surface area (Å²) in [6.07, 6.45) is 5.73. The molecular weight excluding hydrogens is 284 g/mol. The third-order valence-electron chi connectivity index (χ3n) is 3.09. The molecule has 3 heterocycles. The largest absolute Gasteiger partial charge is 0.381 e. The number of hydrogen-bond acceptors (Lipinski definition) is 4. The number of aromatic nitrogens is 4. The summed E-state index contributed by atoms with van der Waals surface area (Å²) < 4.78 is 8.20. The summed E-state index contributed by atoms with van der Waals surface area (Å²) in [5.41, 5.74) is 1.56. The third kappa shape index (κ3) is 2.32. The van der Waals surface area contributed by atoms with Crippen molar-refractivity contribution >= 4 is 27.2 Å². The summed E-state index contributed by atoms with van der Waals surface area (Å²) in [5, 5.41) is 0. The molecular formula is C11H13BrN4O. The highest BCUT2D eigenvalue weighted by atomic mass is 79.9. The topological polar surface area (TPSA) is 52.8 Å². The Morgan fingerprint density at radius 1 is 1.35 bits per heavy atom. The molecule has 0 amide bonds. The zero-order valence-electron chi connectivity index (χ0n) is 9.34. The van der Waals surface area contributed by atoms with Crippen LogP contribution in [0.5, 0.6) is 0 Å². The van der Waals surface area contributed by atoms with Crippen LogP contribution in [0.25, 0.3) is 11.3 Å². The summed E-state index contributed by atoms with van der Waals surface area (Å²) in [6, 6.07) is 0. The van der Waals surface area contributed by atoms with Crippen molar-refractivity contribution in [3.05, 3.63) is 17.1 Å². The molecule has 0 spiro atoms. The third-order valence-corrected chi connectivity index (χ3v) is 3.48. The Labute approximate surface area is 107 Å². The summed E-state index contributed by atoms with van der Waals surface area (Å²) in [4.78, 5) is 12.9. The van der Waals surface area contributed by atoms with Crippen LogP contribution in [0.2, 0.25) is 0 Å². The normalized spacial score (nSPS) is 17.7. The lowest BCUT2D eigenvalue weighted by Crippen LogP contribution is -2.20. The molecule has 0 N–H and O–H groups in total. The molecule has 1 fully saturated rings. The van der Waals surface area contributed by atoms with Gasteiger partial charge in [-0.3, -0.25) is 0 Å². The average molecular weight is 297 g/mol. The molecule has 0 aliphatic carbocycles. The van der Waals surface area contributed by atoms with Gasteiger partial charge in [0.05, 0.1) is 12.5 Å². The lowest BCUT2D eigenvalue weighted by molar-refractivity contribution is 0.0615. The quantitative estimate of drug-likeness (QED) is 0.851. The fourth-order valence-electron chi connectivity index (χ4n) is 2.16. The van der Waals surface area contributed by atoms with Crippen molar-refractivity contribution in [2.45, 2.75) is 19.4 Å².